The summed E-state index contributed by atoms with van der Waals surface area (Å²) >= 11 is 0. The molecule has 7 rings (SSSR count). The van der Waals surface area contributed by atoms with E-state index >= 15 is 0 Å². The molecule has 2 aromatic rings. The number of nitrogens with zero attached hydrogens (tertiary/aromatic N) is 1. The van der Waals surface area contributed by atoms with Crippen LogP contribution in [-0.2, 0) is 25.4 Å². The Morgan fingerprint density at radius 1 is 1.06 bits per heavy atom. The fraction of sp³-hybridized carbons (Fsp3) is 0.640. The van der Waals surface area contributed by atoms with E-state index < -0.39 is 35.7 Å². The van der Waals surface area contributed by atoms with Crippen LogP contribution in [0, 0.1) is 23.7 Å². The zero-order chi connectivity index (χ0) is 23.9. The molecule has 2 bridgehead atoms. The maximum Gasteiger partial charge on any atom is 0.416 e. The van der Waals surface area contributed by atoms with Crippen LogP contribution in [0.5, 0.6) is 5.75 Å². The standard InChI is InChI=1S/C25H28F3NO5/c1-13-4-7-18-14(2)21(31-22-24(18)17(13)8-10-23(3,32-22)33-34-24)30-20-9-11-29-19-12-15(25(26,27)28)5-6-16(19)20/h5-6,9,11-14,17-18,21-22H,4,7-8,10H2,1-3H3/t13-,14-,17+,18+,21+,22-,23+,24-/m1/s1. The van der Waals surface area contributed by atoms with Crippen molar-refractivity contribution in [1.29, 1.82) is 0 Å². The lowest BCUT2D eigenvalue weighted by atomic mass is 9.58. The van der Waals surface area contributed by atoms with Gasteiger partial charge < -0.3 is 14.2 Å². The van der Waals surface area contributed by atoms with Gasteiger partial charge in [0.15, 0.2) is 11.9 Å². The molecule has 5 heterocycles. The lowest BCUT2D eigenvalue weighted by Crippen LogP contribution is -2.70. The summed E-state index contributed by atoms with van der Waals surface area (Å²) in [5.74, 6) is 0.260. The maximum absolute atomic E-state index is 13.2. The number of hydrogen-bond donors (Lipinski definition) is 0. The predicted octanol–water partition coefficient (Wildman–Crippen LogP) is 5.84. The van der Waals surface area contributed by atoms with Crippen LogP contribution in [0.4, 0.5) is 13.2 Å². The summed E-state index contributed by atoms with van der Waals surface area (Å²) in [6, 6.07) is 5.14. The Bertz CT molecular complexity index is 1110. The molecule has 0 N–H and O–H groups in total. The van der Waals surface area contributed by atoms with Crippen molar-refractivity contribution < 1.29 is 37.2 Å². The maximum atomic E-state index is 13.2. The highest BCUT2D eigenvalue weighted by Gasteiger charge is 2.69. The minimum atomic E-state index is -4.44. The molecule has 34 heavy (non-hydrogen) atoms. The van der Waals surface area contributed by atoms with E-state index in [4.69, 9.17) is 24.0 Å². The molecule has 5 fully saturated rings. The van der Waals surface area contributed by atoms with E-state index in [2.05, 4.69) is 18.8 Å². The zero-order valence-electron chi connectivity index (χ0n) is 19.3. The third kappa shape index (κ3) is 3.27. The third-order valence-electron chi connectivity index (χ3n) is 8.37. The summed E-state index contributed by atoms with van der Waals surface area (Å²) in [4.78, 5) is 16.1. The zero-order valence-corrected chi connectivity index (χ0v) is 19.3. The summed E-state index contributed by atoms with van der Waals surface area (Å²) in [5, 5.41) is 0.497. The van der Waals surface area contributed by atoms with Gasteiger partial charge >= 0.3 is 6.18 Å². The first-order valence-corrected chi connectivity index (χ1v) is 11.9. The number of ether oxygens (including phenoxy) is 3. The number of rotatable bonds is 2. The lowest BCUT2D eigenvalue weighted by molar-refractivity contribution is -0.575. The Labute approximate surface area is 195 Å². The molecule has 0 amide bonds. The Morgan fingerprint density at radius 3 is 2.68 bits per heavy atom. The molecule has 4 aliphatic heterocycles. The topological polar surface area (TPSA) is 59.0 Å². The average Bonchev–Trinajstić information content (AvgIpc) is 3.02. The van der Waals surface area contributed by atoms with E-state index in [1.165, 1.54) is 12.3 Å². The highest BCUT2D eigenvalue weighted by Crippen LogP contribution is 2.60. The van der Waals surface area contributed by atoms with Crippen molar-refractivity contribution >= 4 is 10.9 Å². The molecule has 1 aliphatic carbocycles. The van der Waals surface area contributed by atoms with E-state index in [0.29, 0.717) is 23.5 Å². The van der Waals surface area contributed by atoms with E-state index in [-0.39, 0.29) is 23.3 Å². The average molecular weight is 479 g/mol. The van der Waals surface area contributed by atoms with Gasteiger partial charge in [-0.15, -0.1) is 0 Å². The Morgan fingerprint density at radius 2 is 1.88 bits per heavy atom. The van der Waals surface area contributed by atoms with Crippen molar-refractivity contribution in [2.24, 2.45) is 23.7 Å². The first kappa shape index (κ1) is 22.5. The van der Waals surface area contributed by atoms with Gasteiger partial charge in [0.05, 0.1) is 11.1 Å². The molecule has 6 nitrogen and oxygen atoms in total. The van der Waals surface area contributed by atoms with Gasteiger partial charge in [-0.1, -0.05) is 13.8 Å². The van der Waals surface area contributed by atoms with Crippen molar-refractivity contribution in [2.45, 2.75) is 76.6 Å². The van der Waals surface area contributed by atoms with Crippen LogP contribution in [0.1, 0.15) is 52.0 Å². The molecule has 0 radical (unpaired) electrons. The number of pyridine rings is 1. The fourth-order valence-corrected chi connectivity index (χ4v) is 6.53. The van der Waals surface area contributed by atoms with Gasteiger partial charge in [-0.3, -0.25) is 4.98 Å². The van der Waals surface area contributed by atoms with Gasteiger partial charge in [-0.2, -0.15) is 13.2 Å². The van der Waals surface area contributed by atoms with Crippen molar-refractivity contribution in [3.8, 4) is 5.75 Å². The van der Waals surface area contributed by atoms with Crippen LogP contribution in [0.2, 0.25) is 0 Å². The predicted molar refractivity (Wildman–Crippen MR) is 114 cm³/mol. The van der Waals surface area contributed by atoms with Gasteiger partial charge in [-0.25, -0.2) is 9.78 Å². The molecular weight excluding hydrogens is 451 g/mol. The highest BCUT2D eigenvalue weighted by atomic mass is 19.4. The van der Waals surface area contributed by atoms with Crippen molar-refractivity contribution in [3.63, 3.8) is 0 Å². The fourth-order valence-electron chi connectivity index (χ4n) is 6.53. The largest absolute Gasteiger partial charge is 0.464 e. The first-order valence-electron chi connectivity index (χ1n) is 11.9. The number of fused-ring (bicyclic) bond motifs is 3. The van der Waals surface area contributed by atoms with Crippen molar-refractivity contribution in [2.75, 3.05) is 0 Å². The second-order valence-corrected chi connectivity index (χ2v) is 10.4. The first-order chi connectivity index (χ1) is 16.1. The van der Waals surface area contributed by atoms with Gasteiger partial charge in [-0.05, 0) is 62.3 Å². The van der Waals surface area contributed by atoms with Crippen molar-refractivity contribution in [1.82, 2.24) is 4.98 Å². The summed E-state index contributed by atoms with van der Waals surface area (Å²) in [7, 11) is 0. The number of alkyl halides is 3. The van der Waals surface area contributed by atoms with E-state index in [0.717, 1.165) is 31.4 Å². The molecule has 9 heteroatoms. The molecule has 0 unspecified atom stereocenters. The number of halogens is 3. The van der Waals surface area contributed by atoms with Gasteiger partial charge in [0.1, 0.15) is 5.75 Å². The van der Waals surface area contributed by atoms with Crippen LogP contribution < -0.4 is 4.74 Å². The summed E-state index contributed by atoms with van der Waals surface area (Å²) in [6.07, 6.45) is -0.659. The summed E-state index contributed by atoms with van der Waals surface area (Å²) in [5.41, 5.74) is -1.23. The Balaban J connectivity index is 1.34. The molecule has 8 atom stereocenters. The minimum absolute atomic E-state index is 0.0569. The van der Waals surface area contributed by atoms with Crippen LogP contribution in [0.3, 0.4) is 0 Å². The summed E-state index contributed by atoms with van der Waals surface area (Å²) in [6.45, 7) is 6.19. The summed E-state index contributed by atoms with van der Waals surface area (Å²) < 4.78 is 58.6. The second-order valence-electron chi connectivity index (χ2n) is 10.4. The highest BCUT2D eigenvalue weighted by molar-refractivity contribution is 5.85. The molecule has 4 saturated heterocycles. The molecule has 5 aliphatic rings. The third-order valence-corrected chi connectivity index (χ3v) is 8.37. The van der Waals surface area contributed by atoms with Gasteiger partial charge in [0, 0.05) is 29.8 Å². The van der Waals surface area contributed by atoms with E-state index in [1.807, 2.05) is 6.92 Å². The number of benzene rings is 1. The molecule has 1 spiro atoms. The quantitative estimate of drug-likeness (QED) is 0.505. The smallest absolute Gasteiger partial charge is 0.416 e. The molecule has 1 saturated carbocycles. The van der Waals surface area contributed by atoms with Crippen LogP contribution in [0.15, 0.2) is 30.5 Å². The van der Waals surface area contributed by atoms with Gasteiger partial charge in [0.2, 0.25) is 12.1 Å². The molecular formula is C25H28F3NO5. The monoisotopic (exact) mass is 479 g/mol. The van der Waals surface area contributed by atoms with Crippen LogP contribution in [0.25, 0.3) is 10.9 Å². The molecule has 184 valence electrons. The Kier molecular flexibility index (Phi) is 4.99. The Hall–Kier alpha value is -1.94. The lowest BCUT2D eigenvalue weighted by Gasteiger charge is -2.60. The van der Waals surface area contributed by atoms with E-state index in [1.54, 1.807) is 6.07 Å². The minimum Gasteiger partial charge on any atom is -0.464 e. The number of hydrogen-bond acceptors (Lipinski definition) is 6. The normalized spacial score (nSPS) is 41.7. The number of aromatic nitrogens is 1. The second kappa shape index (κ2) is 7.53. The van der Waals surface area contributed by atoms with Crippen molar-refractivity contribution in [3.05, 3.63) is 36.0 Å². The van der Waals surface area contributed by atoms with Gasteiger partial charge in [0.25, 0.3) is 0 Å². The van der Waals surface area contributed by atoms with Crippen LogP contribution >= 0.6 is 0 Å². The van der Waals surface area contributed by atoms with E-state index in [9.17, 15) is 13.2 Å². The SMILES string of the molecule is C[C@H]1[C@@H](Oc2ccnc3cc(C(F)(F)F)ccc23)O[C@@H]2O[C@]3(C)CC[C@H]4[C@H](C)CC[C@@H]1[C@@]24OO3. The molecule has 1 aromatic carbocycles. The molecule has 1 aromatic heterocycles. The van der Waals surface area contributed by atoms with Crippen LogP contribution in [-0.4, -0.2) is 29.0 Å².